The van der Waals surface area contributed by atoms with Gasteiger partial charge in [-0.05, 0) is 36.3 Å². The summed E-state index contributed by atoms with van der Waals surface area (Å²) in [6, 6.07) is 14.0. The number of carbonyl (C=O) groups excluding carboxylic acids is 2. The molecule has 0 spiro atoms. The van der Waals surface area contributed by atoms with Crippen LogP contribution in [0.25, 0.3) is 0 Å². The fraction of sp³-hybridized carbons (Fsp3) is 0.364. The second-order valence-electron chi connectivity index (χ2n) is 7.89. The number of urea groups is 1. The molecule has 2 aromatic carbocycles. The maximum atomic E-state index is 14.3. The Balaban J connectivity index is 1.41. The number of hydrogen-bond donors (Lipinski definition) is 1. The first kappa shape index (κ1) is 20.6. The van der Waals surface area contributed by atoms with Gasteiger partial charge in [-0.2, -0.15) is 5.43 Å². The van der Waals surface area contributed by atoms with Gasteiger partial charge in [0, 0.05) is 17.1 Å². The van der Waals surface area contributed by atoms with Crippen LogP contribution in [0, 0.1) is 5.82 Å². The second-order valence-corrected chi connectivity index (χ2v) is 9.55. The van der Waals surface area contributed by atoms with Crippen LogP contribution in [0.5, 0.6) is 0 Å². The van der Waals surface area contributed by atoms with Crippen LogP contribution in [0.1, 0.15) is 17.5 Å². The highest BCUT2D eigenvalue weighted by Gasteiger charge is 2.55. The number of nitrogens with zero attached hydrogens (tertiary/aromatic N) is 3. The molecule has 3 atom stereocenters. The van der Waals surface area contributed by atoms with E-state index in [1.807, 2.05) is 30.3 Å². The third kappa shape index (κ3) is 3.66. The molecule has 31 heavy (non-hydrogen) atoms. The van der Waals surface area contributed by atoms with Crippen molar-refractivity contribution < 1.29 is 14.0 Å². The Morgan fingerprint density at radius 1 is 1.13 bits per heavy atom. The Kier molecular flexibility index (Phi) is 5.54. The average molecular weight is 461 g/mol. The number of amides is 3. The third-order valence-corrected chi connectivity index (χ3v) is 7.79. The molecule has 1 N–H and O–H groups in total. The fourth-order valence-corrected chi connectivity index (χ4v) is 6.13. The number of rotatable bonds is 5. The van der Waals surface area contributed by atoms with Crippen LogP contribution in [0.15, 0.2) is 48.5 Å². The summed E-state index contributed by atoms with van der Waals surface area (Å²) in [5, 5.41) is 1.39. The molecule has 0 saturated carbocycles. The van der Waals surface area contributed by atoms with E-state index < -0.39 is 12.1 Å². The van der Waals surface area contributed by atoms with E-state index in [-0.39, 0.29) is 40.4 Å². The van der Waals surface area contributed by atoms with Crippen molar-refractivity contribution in [2.45, 2.75) is 37.0 Å². The Hall–Kier alpha value is -2.29. The smallest absolute Gasteiger partial charge is 0.307 e. The van der Waals surface area contributed by atoms with E-state index in [0.29, 0.717) is 13.0 Å². The molecule has 2 aromatic rings. The molecular formula is C22H22ClFN4O2S. The molecule has 162 valence electrons. The SMILES string of the molecule is O=C1C2SCCC2N2C(=O)N(Cc3c(F)cccc3Cl)NC2N1CCc1ccccc1. The maximum absolute atomic E-state index is 14.3. The molecule has 3 aliphatic heterocycles. The first-order valence-electron chi connectivity index (χ1n) is 10.3. The molecule has 0 bridgehead atoms. The van der Waals surface area contributed by atoms with Gasteiger partial charge in [0.15, 0.2) is 6.29 Å². The summed E-state index contributed by atoms with van der Waals surface area (Å²) in [6.45, 7) is 0.477. The molecule has 3 heterocycles. The number of hydrazine groups is 1. The summed E-state index contributed by atoms with van der Waals surface area (Å²) in [6.07, 6.45) is 0.883. The number of hydrogen-bond acceptors (Lipinski definition) is 4. The summed E-state index contributed by atoms with van der Waals surface area (Å²) in [4.78, 5) is 30.1. The zero-order valence-corrected chi connectivity index (χ0v) is 18.3. The molecule has 3 saturated heterocycles. The largest absolute Gasteiger partial charge is 0.337 e. The van der Waals surface area contributed by atoms with Crippen LogP contribution in [-0.4, -0.2) is 56.6 Å². The Bertz CT molecular complexity index is 990. The zero-order valence-electron chi connectivity index (χ0n) is 16.7. The monoisotopic (exact) mass is 460 g/mol. The molecule has 0 aliphatic carbocycles. The molecule has 6 nitrogen and oxygen atoms in total. The van der Waals surface area contributed by atoms with Crippen molar-refractivity contribution in [2.24, 2.45) is 0 Å². The molecule has 3 aliphatic rings. The summed E-state index contributed by atoms with van der Waals surface area (Å²) < 4.78 is 14.3. The third-order valence-electron chi connectivity index (χ3n) is 6.09. The number of carbonyl (C=O) groups is 2. The molecule has 9 heteroatoms. The van der Waals surface area contributed by atoms with Crippen molar-refractivity contribution in [2.75, 3.05) is 12.3 Å². The van der Waals surface area contributed by atoms with Crippen molar-refractivity contribution in [3.05, 3.63) is 70.5 Å². The van der Waals surface area contributed by atoms with Crippen LogP contribution < -0.4 is 5.43 Å². The molecule has 0 aromatic heterocycles. The van der Waals surface area contributed by atoms with E-state index >= 15 is 0 Å². The van der Waals surface area contributed by atoms with Gasteiger partial charge in [0.25, 0.3) is 0 Å². The number of halogens is 2. The summed E-state index contributed by atoms with van der Waals surface area (Å²) >= 11 is 7.79. The van der Waals surface area contributed by atoms with Crippen LogP contribution in [0.3, 0.4) is 0 Å². The first-order chi connectivity index (χ1) is 15.0. The topological polar surface area (TPSA) is 55.9 Å². The molecule has 5 rings (SSSR count). The lowest BCUT2D eigenvalue weighted by molar-refractivity contribution is -0.144. The maximum Gasteiger partial charge on any atom is 0.337 e. The predicted octanol–water partition coefficient (Wildman–Crippen LogP) is 3.46. The van der Waals surface area contributed by atoms with Gasteiger partial charge in [-0.15, -0.1) is 11.8 Å². The number of fused-ring (bicyclic) bond motifs is 3. The average Bonchev–Trinajstić information content (AvgIpc) is 3.37. The van der Waals surface area contributed by atoms with Gasteiger partial charge in [0.1, 0.15) is 11.1 Å². The molecular weight excluding hydrogens is 439 g/mol. The van der Waals surface area contributed by atoms with Crippen LogP contribution in [-0.2, 0) is 17.8 Å². The lowest BCUT2D eigenvalue weighted by Crippen LogP contribution is -2.66. The van der Waals surface area contributed by atoms with Crippen molar-refractivity contribution in [3.8, 4) is 0 Å². The minimum absolute atomic E-state index is 0.0113. The van der Waals surface area contributed by atoms with Gasteiger partial charge < -0.3 is 4.90 Å². The Morgan fingerprint density at radius 2 is 1.94 bits per heavy atom. The minimum atomic E-state index is -0.575. The van der Waals surface area contributed by atoms with E-state index in [1.165, 1.54) is 17.1 Å². The van der Waals surface area contributed by atoms with Gasteiger partial charge >= 0.3 is 6.03 Å². The summed E-state index contributed by atoms with van der Waals surface area (Å²) in [7, 11) is 0. The van der Waals surface area contributed by atoms with Gasteiger partial charge in [-0.25, -0.2) is 9.18 Å². The molecule has 0 radical (unpaired) electrons. The van der Waals surface area contributed by atoms with Gasteiger partial charge in [0.05, 0.1) is 12.6 Å². The normalized spacial score (nSPS) is 25.2. The van der Waals surface area contributed by atoms with Crippen LogP contribution in [0.2, 0.25) is 5.02 Å². The van der Waals surface area contributed by atoms with E-state index in [4.69, 9.17) is 11.6 Å². The first-order valence-corrected chi connectivity index (χ1v) is 11.7. The summed E-state index contributed by atoms with van der Waals surface area (Å²) in [5.74, 6) is 0.428. The quantitative estimate of drug-likeness (QED) is 0.742. The molecule has 3 fully saturated rings. The van der Waals surface area contributed by atoms with Crippen molar-refractivity contribution in [1.82, 2.24) is 20.2 Å². The van der Waals surface area contributed by atoms with Gasteiger partial charge in [-0.1, -0.05) is 48.0 Å². The molecule has 3 amide bonds. The molecule has 3 unspecified atom stereocenters. The number of nitrogens with one attached hydrogen (secondary N) is 1. The number of thioether (sulfide) groups is 1. The lowest BCUT2D eigenvalue weighted by atomic mass is 10.0. The highest BCUT2D eigenvalue weighted by molar-refractivity contribution is 8.00. The van der Waals surface area contributed by atoms with Crippen LogP contribution in [0.4, 0.5) is 9.18 Å². The van der Waals surface area contributed by atoms with E-state index in [9.17, 15) is 14.0 Å². The zero-order chi connectivity index (χ0) is 21.5. The van der Waals surface area contributed by atoms with Crippen LogP contribution >= 0.6 is 23.4 Å². The second kappa shape index (κ2) is 8.33. The van der Waals surface area contributed by atoms with Crippen molar-refractivity contribution in [3.63, 3.8) is 0 Å². The lowest BCUT2D eigenvalue weighted by Gasteiger charge is -2.44. The highest BCUT2D eigenvalue weighted by Crippen LogP contribution is 2.39. The Labute approximate surface area is 189 Å². The Morgan fingerprint density at radius 3 is 2.71 bits per heavy atom. The van der Waals surface area contributed by atoms with Gasteiger partial charge in [0.2, 0.25) is 5.91 Å². The highest BCUT2D eigenvalue weighted by atomic mass is 35.5. The van der Waals surface area contributed by atoms with Gasteiger partial charge in [-0.3, -0.25) is 14.7 Å². The minimum Gasteiger partial charge on any atom is -0.307 e. The van der Waals surface area contributed by atoms with Crippen molar-refractivity contribution in [1.29, 1.82) is 0 Å². The predicted molar refractivity (Wildman–Crippen MR) is 118 cm³/mol. The summed E-state index contributed by atoms with van der Waals surface area (Å²) in [5.41, 5.74) is 4.54. The number of benzene rings is 2. The van der Waals surface area contributed by atoms with E-state index in [1.54, 1.807) is 27.6 Å². The standard InChI is InChI=1S/C22H22ClFN4O2S/c23-16-7-4-8-17(24)15(16)13-27-22(30)28-18-10-12-31-19(18)20(29)26(21(28)25-27)11-9-14-5-2-1-3-6-14/h1-8,18-19,21,25H,9-13H2. The van der Waals surface area contributed by atoms with E-state index in [0.717, 1.165) is 17.7 Å². The fourth-order valence-electron chi connectivity index (χ4n) is 4.51. The van der Waals surface area contributed by atoms with Crippen molar-refractivity contribution >= 4 is 35.3 Å². The van der Waals surface area contributed by atoms with E-state index in [2.05, 4.69) is 5.43 Å².